The van der Waals surface area contributed by atoms with Gasteiger partial charge in [-0.05, 0) is 42.3 Å². The standard InChI is InChI=1S/C28H28N2O5S/c1-20(19-36-25-11-7-4-8-12-25)27(29-17-22-9-5-3-6-10-22)26(21(2)31)28(32)35-18-23-13-15-24(16-14-23)30(33)34/h3-16,20,31H,17-19H2,1-2H3. The summed E-state index contributed by atoms with van der Waals surface area (Å²) in [5.74, 6) is -0.393. The molecule has 1 atom stereocenters. The van der Waals surface area contributed by atoms with E-state index in [2.05, 4.69) is 0 Å². The Balaban J connectivity index is 1.80. The van der Waals surface area contributed by atoms with Gasteiger partial charge in [-0.25, -0.2) is 4.79 Å². The zero-order chi connectivity index (χ0) is 25.9. The number of aliphatic hydroxyl groups excluding tert-OH is 1. The average molecular weight is 505 g/mol. The van der Waals surface area contributed by atoms with Crippen molar-refractivity contribution in [1.29, 1.82) is 0 Å². The highest BCUT2D eigenvalue weighted by Crippen LogP contribution is 2.25. The highest BCUT2D eigenvalue weighted by Gasteiger charge is 2.26. The third-order valence-electron chi connectivity index (χ3n) is 5.32. The van der Waals surface area contributed by atoms with E-state index in [4.69, 9.17) is 9.73 Å². The number of thioether (sulfide) groups is 1. The minimum absolute atomic E-state index is 0.0361. The Labute approximate surface area is 214 Å². The van der Waals surface area contributed by atoms with Gasteiger partial charge in [0.15, 0.2) is 0 Å². The summed E-state index contributed by atoms with van der Waals surface area (Å²) >= 11 is 1.64. The van der Waals surface area contributed by atoms with Crippen LogP contribution >= 0.6 is 11.8 Å². The van der Waals surface area contributed by atoms with Gasteiger partial charge in [-0.1, -0.05) is 55.5 Å². The van der Waals surface area contributed by atoms with Crippen molar-refractivity contribution in [3.05, 3.63) is 118 Å². The van der Waals surface area contributed by atoms with Crippen molar-refractivity contribution in [3.63, 3.8) is 0 Å². The van der Waals surface area contributed by atoms with Crippen molar-refractivity contribution in [2.24, 2.45) is 10.9 Å². The lowest BCUT2D eigenvalue weighted by Crippen LogP contribution is -2.25. The molecule has 3 rings (SSSR count). The molecule has 8 heteroatoms. The van der Waals surface area contributed by atoms with E-state index in [0.717, 1.165) is 10.5 Å². The molecule has 3 aromatic carbocycles. The molecule has 0 aliphatic rings. The molecule has 0 bridgehead atoms. The number of hydrogen-bond donors (Lipinski definition) is 1. The van der Waals surface area contributed by atoms with Gasteiger partial charge in [0, 0.05) is 28.7 Å². The second kappa shape index (κ2) is 13.3. The van der Waals surface area contributed by atoms with Gasteiger partial charge < -0.3 is 9.84 Å². The predicted octanol–water partition coefficient (Wildman–Crippen LogP) is 6.54. The van der Waals surface area contributed by atoms with Crippen LogP contribution < -0.4 is 0 Å². The number of allylic oxidation sites excluding steroid dienone is 1. The smallest absolute Gasteiger partial charge is 0.343 e. The van der Waals surface area contributed by atoms with Crippen LogP contribution in [0, 0.1) is 16.0 Å². The van der Waals surface area contributed by atoms with Crippen LogP contribution in [0.5, 0.6) is 0 Å². The van der Waals surface area contributed by atoms with E-state index >= 15 is 0 Å². The van der Waals surface area contributed by atoms with Crippen LogP contribution in [0.3, 0.4) is 0 Å². The van der Waals surface area contributed by atoms with Crippen molar-refractivity contribution in [3.8, 4) is 0 Å². The molecule has 0 heterocycles. The van der Waals surface area contributed by atoms with Crippen LogP contribution in [0.4, 0.5) is 5.69 Å². The molecule has 1 N–H and O–H groups in total. The lowest BCUT2D eigenvalue weighted by molar-refractivity contribution is -0.384. The Morgan fingerprint density at radius 3 is 2.19 bits per heavy atom. The fourth-order valence-electron chi connectivity index (χ4n) is 3.43. The molecule has 0 aromatic heterocycles. The second-order valence-corrected chi connectivity index (χ2v) is 9.27. The number of aliphatic imine (C=N–C) groups is 1. The summed E-state index contributed by atoms with van der Waals surface area (Å²) in [6, 6.07) is 25.4. The molecule has 186 valence electrons. The molecule has 0 amide bonds. The van der Waals surface area contributed by atoms with E-state index in [-0.39, 0.29) is 29.5 Å². The SMILES string of the molecule is CC(O)=C(C(=O)OCc1ccc([N+](=O)[O-])cc1)C(=NCc1ccccc1)C(C)CSc1ccccc1. The molecule has 0 saturated heterocycles. The Bertz CT molecular complexity index is 1220. The Morgan fingerprint density at radius 1 is 1.00 bits per heavy atom. The number of benzene rings is 3. The third-order valence-corrected chi connectivity index (χ3v) is 6.60. The number of nitro benzene ring substituents is 1. The normalized spacial score (nSPS) is 13.0. The van der Waals surface area contributed by atoms with Gasteiger partial charge in [-0.15, -0.1) is 11.8 Å². The Kier molecular flexibility index (Phi) is 9.82. The topological polar surface area (TPSA) is 102 Å². The van der Waals surface area contributed by atoms with Gasteiger partial charge in [0.1, 0.15) is 17.9 Å². The summed E-state index contributed by atoms with van der Waals surface area (Å²) < 4.78 is 5.48. The van der Waals surface area contributed by atoms with Gasteiger partial charge in [0.2, 0.25) is 0 Å². The maximum atomic E-state index is 13.1. The molecular formula is C28H28N2O5S. The van der Waals surface area contributed by atoms with E-state index in [1.165, 1.54) is 31.2 Å². The summed E-state index contributed by atoms with van der Waals surface area (Å²) in [4.78, 5) is 29.3. The molecule has 7 nitrogen and oxygen atoms in total. The van der Waals surface area contributed by atoms with E-state index in [1.807, 2.05) is 67.6 Å². The van der Waals surface area contributed by atoms with Crippen molar-refractivity contribution in [2.75, 3.05) is 5.75 Å². The maximum Gasteiger partial charge on any atom is 0.343 e. The monoisotopic (exact) mass is 504 g/mol. The van der Waals surface area contributed by atoms with Gasteiger partial charge in [0.05, 0.1) is 17.2 Å². The summed E-state index contributed by atoms with van der Waals surface area (Å²) in [6.07, 6.45) is 0. The number of rotatable bonds is 11. The lowest BCUT2D eigenvalue weighted by Gasteiger charge is -2.18. The first-order valence-electron chi connectivity index (χ1n) is 11.4. The largest absolute Gasteiger partial charge is 0.512 e. The maximum absolute atomic E-state index is 13.1. The highest BCUT2D eigenvalue weighted by atomic mass is 32.2. The molecule has 1 unspecified atom stereocenters. The zero-order valence-electron chi connectivity index (χ0n) is 20.2. The van der Waals surface area contributed by atoms with Crippen LogP contribution in [0.2, 0.25) is 0 Å². The summed E-state index contributed by atoms with van der Waals surface area (Å²) in [5.41, 5.74) is 2.04. The van der Waals surface area contributed by atoms with Crippen molar-refractivity contribution in [2.45, 2.75) is 31.9 Å². The average Bonchev–Trinajstić information content (AvgIpc) is 2.89. The third kappa shape index (κ3) is 7.81. The van der Waals surface area contributed by atoms with Gasteiger partial charge in [0.25, 0.3) is 5.69 Å². The van der Waals surface area contributed by atoms with Gasteiger partial charge in [-0.3, -0.25) is 15.1 Å². The summed E-state index contributed by atoms with van der Waals surface area (Å²) in [5, 5.41) is 21.4. The zero-order valence-corrected chi connectivity index (χ0v) is 21.0. The Hall–Kier alpha value is -3.91. The molecule has 0 aliphatic carbocycles. The molecule has 0 spiro atoms. The molecule has 0 saturated carbocycles. The number of aliphatic hydroxyl groups is 1. The van der Waals surface area contributed by atoms with E-state index in [0.29, 0.717) is 23.6 Å². The van der Waals surface area contributed by atoms with Gasteiger partial charge >= 0.3 is 5.97 Å². The first-order chi connectivity index (χ1) is 17.3. The number of non-ortho nitro benzene ring substituents is 1. The molecule has 36 heavy (non-hydrogen) atoms. The van der Waals surface area contributed by atoms with E-state index in [9.17, 15) is 20.0 Å². The van der Waals surface area contributed by atoms with Crippen LogP contribution in [0.1, 0.15) is 25.0 Å². The fraction of sp³-hybridized carbons (Fsp3) is 0.214. The predicted molar refractivity (Wildman–Crippen MR) is 142 cm³/mol. The minimum Gasteiger partial charge on any atom is -0.512 e. The number of hydrogen-bond acceptors (Lipinski definition) is 7. The molecule has 3 aromatic rings. The van der Waals surface area contributed by atoms with Crippen LogP contribution in [-0.4, -0.2) is 27.5 Å². The summed E-state index contributed by atoms with van der Waals surface area (Å²) in [7, 11) is 0. The van der Waals surface area contributed by atoms with Crippen molar-refractivity contribution < 1.29 is 19.6 Å². The number of carbonyl (C=O) groups is 1. The molecule has 0 radical (unpaired) electrons. The Morgan fingerprint density at radius 2 is 1.61 bits per heavy atom. The van der Waals surface area contributed by atoms with Crippen LogP contribution in [0.25, 0.3) is 0 Å². The quantitative estimate of drug-likeness (QED) is 0.0605. The number of esters is 1. The highest BCUT2D eigenvalue weighted by molar-refractivity contribution is 7.99. The molecule has 0 aliphatic heterocycles. The summed E-state index contributed by atoms with van der Waals surface area (Å²) in [6.45, 7) is 3.67. The molecule has 0 fully saturated rings. The first kappa shape index (κ1) is 26.7. The van der Waals surface area contributed by atoms with Crippen molar-refractivity contribution in [1.82, 2.24) is 0 Å². The number of ether oxygens (including phenoxy) is 1. The first-order valence-corrected chi connectivity index (χ1v) is 12.4. The minimum atomic E-state index is -0.697. The van der Waals surface area contributed by atoms with Crippen molar-refractivity contribution >= 4 is 29.1 Å². The number of nitro groups is 1. The van der Waals surface area contributed by atoms with E-state index in [1.54, 1.807) is 11.8 Å². The van der Waals surface area contributed by atoms with Crippen LogP contribution in [0.15, 0.2) is 106 Å². The number of nitrogens with zero attached hydrogens (tertiary/aromatic N) is 2. The molecular weight excluding hydrogens is 476 g/mol. The van der Waals surface area contributed by atoms with E-state index < -0.39 is 10.9 Å². The lowest BCUT2D eigenvalue weighted by atomic mass is 9.98. The fourth-order valence-corrected chi connectivity index (χ4v) is 4.38. The second-order valence-electron chi connectivity index (χ2n) is 8.17. The van der Waals surface area contributed by atoms with Gasteiger partial charge in [-0.2, -0.15) is 0 Å². The van der Waals surface area contributed by atoms with Crippen LogP contribution in [-0.2, 0) is 22.7 Å². The number of carbonyl (C=O) groups excluding carboxylic acids is 1.